The molecule has 29 heavy (non-hydrogen) atoms. The summed E-state index contributed by atoms with van der Waals surface area (Å²) in [5.41, 5.74) is 0.565. The van der Waals surface area contributed by atoms with Crippen molar-refractivity contribution >= 4 is 22.4 Å². The number of aliphatic hydroxyl groups is 1. The first-order chi connectivity index (χ1) is 13.9. The number of pyridine rings is 1. The number of nitro groups is 1. The van der Waals surface area contributed by atoms with Gasteiger partial charge in [0.15, 0.2) is 11.5 Å². The highest BCUT2D eigenvalue weighted by Crippen LogP contribution is 2.38. The molecule has 9 nitrogen and oxygen atoms in total. The Bertz CT molecular complexity index is 1090. The van der Waals surface area contributed by atoms with Crippen LogP contribution >= 0.6 is 0 Å². The molecule has 0 spiro atoms. The van der Waals surface area contributed by atoms with E-state index in [1.807, 2.05) is 0 Å². The maximum Gasteiger partial charge on any atom is 0.284 e. The lowest BCUT2D eigenvalue weighted by Gasteiger charge is -2.13. The van der Waals surface area contributed by atoms with Crippen LogP contribution in [-0.2, 0) is 6.61 Å². The Kier molecular flexibility index (Phi) is 5.60. The van der Waals surface area contributed by atoms with Gasteiger partial charge >= 0.3 is 0 Å². The van der Waals surface area contributed by atoms with Gasteiger partial charge in [-0.15, -0.1) is 0 Å². The minimum Gasteiger partial charge on any atom is -0.493 e. The number of aromatic nitrogens is 1. The first kappa shape index (κ1) is 20.0. The minimum absolute atomic E-state index is 0.0952. The molecule has 3 aromatic rings. The molecule has 0 radical (unpaired) electrons. The fourth-order valence-corrected chi connectivity index (χ4v) is 3.06. The zero-order valence-electron chi connectivity index (χ0n) is 16.0. The van der Waals surface area contributed by atoms with E-state index in [2.05, 4.69) is 4.98 Å². The Morgan fingerprint density at radius 2 is 1.72 bits per heavy atom. The molecule has 1 heterocycles. The third kappa shape index (κ3) is 3.55. The molecule has 9 heteroatoms. The summed E-state index contributed by atoms with van der Waals surface area (Å²) in [6.45, 7) is -0.474. The van der Waals surface area contributed by atoms with E-state index in [0.717, 1.165) is 0 Å². The summed E-state index contributed by atoms with van der Waals surface area (Å²) >= 11 is 0. The molecule has 3 rings (SSSR count). The van der Waals surface area contributed by atoms with Gasteiger partial charge in [0.05, 0.1) is 49.3 Å². The lowest BCUT2D eigenvalue weighted by molar-refractivity contribution is -0.384. The highest BCUT2D eigenvalue weighted by molar-refractivity contribution is 6.09. The van der Waals surface area contributed by atoms with E-state index < -0.39 is 17.3 Å². The van der Waals surface area contributed by atoms with Crippen LogP contribution in [0, 0.1) is 10.1 Å². The summed E-state index contributed by atoms with van der Waals surface area (Å²) in [7, 11) is 4.34. The normalized spacial score (nSPS) is 10.6. The van der Waals surface area contributed by atoms with Crippen molar-refractivity contribution in [3.05, 3.63) is 63.3 Å². The van der Waals surface area contributed by atoms with Crippen LogP contribution in [0.1, 0.15) is 21.6 Å². The van der Waals surface area contributed by atoms with E-state index >= 15 is 0 Å². The summed E-state index contributed by atoms with van der Waals surface area (Å²) in [6, 6.07) is 8.81. The number of carbonyl (C=O) groups excluding carboxylic acids is 1. The van der Waals surface area contributed by atoms with Gasteiger partial charge in [0.1, 0.15) is 5.69 Å². The van der Waals surface area contributed by atoms with Crippen molar-refractivity contribution in [3.63, 3.8) is 0 Å². The monoisotopic (exact) mass is 398 g/mol. The Morgan fingerprint density at radius 3 is 2.24 bits per heavy atom. The first-order valence-corrected chi connectivity index (χ1v) is 8.47. The van der Waals surface area contributed by atoms with Crippen LogP contribution in [-0.4, -0.2) is 42.1 Å². The van der Waals surface area contributed by atoms with Crippen molar-refractivity contribution in [3.8, 4) is 17.2 Å². The lowest BCUT2D eigenvalue weighted by atomic mass is 10.0. The Labute approximate surface area is 165 Å². The van der Waals surface area contributed by atoms with Crippen molar-refractivity contribution in [2.75, 3.05) is 21.3 Å². The molecule has 1 aromatic heterocycles. The Hall–Kier alpha value is -3.72. The minimum atomic E-state index is -0.573. The molecule has 0 fully saturated rings. The number of aliphatic hydroxyl groups excluding tert-OH is 1. The smallest absolute Gasteiger partial charge is 0.284 e. The van der Waals surface area contributed by atoms with Gasteiger partial charge in [-0.1, -0.05) is 0 Å². The van der Waals surface area contributed by atoms with Gasteiger partial charge in [0, 0.05) is 5.56 Å². The molecule has 0 aliphatic carbocycles. The fourth-order valence-electron chi connectivity index (χ4n) is 3.06. The average molecular weight is 398 g/mol. The van der Waals surface area contributed by atoms with Crippen LogP contribution < -0.4 is 14.2 Å². The zero-order valence-corrected chi connectivity index (χ0v) is 16.0. The van der Waals surface area contributed by atoms with Crippen LogP contribution in [0.5, 0.6) is 17.2 Å². The summed E-state index contributed by atoms with van der Waals surface area (Å²) in [5, 5.41) is 21.0. The molecule has 0 saturated carbocycles. The third-order valence-corrected chi connectivity index (χ3v) is 4.44. The van der Waals surface area contributed by atoms with Gasteiger partial charge in [-0.3, -0.25) is 14.9 Å². The predicted molar refractivity (Wildman–Crippen MR) is 104 cm³/mol. The van der Waals surface area contributed by atoms with Crippen molar-refractivity contribution in [1.82, 2.24) is 4.98 Å². The number of benzene rings is 2. The average Bonchev–Trinajstić information content (AvgIpc) is 2.75. The number of nitrogens with zero attached hydrogens (tertiary/aromatic N) is 2. The largest absolute Gasteiger partial charge is 0.493 e. The van der Waals surface area contributed by atoms with Gasteiger partial charge in [-0.25, -0.2) is 4.98 Å². The number of methoxy groups -OCH3 is 3. The van der Waals surface area contributed by atoms with Gasteiger partial charge in [0.25, 0.3) is 5.69 Å². The second-order valence-electron chi connectivity index (χ2n) is 5.99. The molecular weight excluding hydrogens is 380 g/mol. The van der Waals surface area contributed by atoms with E-state index in [1.54, 1.807) is 0 Å². The molecule has 0 atom stereocenters. The molecule has 0 saturated heterocycles. The second kappa shape index (κ2) is 8.11. The molecule has 0 amide bonds. The number of carbonyl (C=O) groups is 1. The van der Waals surface area contributed by atoms with Crippen LogP contribution in [0.4, 0.5) is 5.69 Å². The number of ether oxygens (including phenoxy) is 3. The quantitative estimate of drug-likeness (QED) is 0.366. The summed E-state index contributed by atoms with van der Waals surface area (Å²) in [4.78, 5) is 28.1. The van der Waals surface area contributed by atoms with Crippen LogP contribution in [0.2, 0.25) is 0 Å². The maximum atomic E-state index is 13.0. The highest BCUT2D eigenvalue weighted by atomic mass is 16.6. The number of hydrogen-bond donors (Lipinski definition) is 1. The summed E-state index contributed by atoms with van der Waals surface area (Å²) in [6.07, 6.45) is 0. The molecule has 0 unspecified atom stereocenters. The van der Waals surface area contributed by atoms with E-state index in [1.165, 1.54) is 57.7 Å². The number of ketones is 1. The van der Waals surface area contributed by atoms with Crippen LogP contribution in [0.3, 0.4) is 0 Å². The molecule has 1 N–H and O–H groups in total. The van der Waals surface area contributed by atoms with E-state index in [9.17, 15) is 20.0 Å². The van der Waals surface area contributed by atoms with Crippen molar-refractivity contribution in [2.45, 2.75) is 6.61 Å². The first-order valence-electron chi connectivity index (χ1n) is 8.47. The Morgan fingerprint density at radius 1 is 1.07 bits per heavy atom. The van der Waals surface area contributed by atoms with Crippen molar-refractivity contribution in [1.29, 1.82) is 0 Å². The van der Waals surface area contributed by atoms with E-state index in [4.69, 9.17) is 14.2 Å². The zero-order chi connectivity index (χ0) is 21.1. The molecule has 0 aliphatic rings. The number of fused-ring (bicyclic) bond motifs is 1. The Balaban J connectivity index is 2.12. The molecule has 150 valence electrons. The van der Waals surface area contributed by atoms with Gasteiger partial charge in [-0.2, -0.15) is 0 Å². The molecule has 0 bridgehead atoms. The number of nitro benzene ring substituents is 1. The van der Waals surface area contributed by atoms with Crippen LogP contribution in [0.25, 0.3) is 10.9 Å². The van der Waals surface area contributed by atoms with Crippen molar-refractivity contribution < 1.29 is 29.0 Å². The molecule has 2 aromatic carbocycles. The topological polar surface area (TPSA) is 121 Å². The molecular formula is C20H18N2O7. The van der Waals surface area contributed by atoms with E-state index in [-0.39, 0.29) is 33.4 Å². The van der Waals surface area contributed by atoms with Gasteiger partial charge < -0.3 is 19.3 Å². The summed E-state index contributed by atoms with van der Waals surface area (Å²) < 4.78 is 15.8. The van der Waals surface area contributed by atoms with E-state index in [0.29, 0.717) is 17.2 Å². The number of hydrogen-bond acceptors (Lipinski definition) is 8. The van der Waals surface area contributed by atoms with Crippen molar-refractivity contribution in [2.24, 2.45) is 0 Å². The number of rotatable bonds is 7. The standard InChI is InChI=1S/C20H18N2O7/c1-27-16-8-12(9-17(28-2)20(16)29-3)19(24)15-7-5-13-14(21-15)6-4-11(10-23)18(13)22(25)26/h4-9,23H,10H2,1-3H3. The molecule has 0 aliphatic heterocycles. The fraction of sp³-hybridized carbons (Fsp3) is 0.200. The summed E-state index contributed by atoms with van der Waals surface area (Å²) in [5.74, 6) is 0.573. The lowest BCUT2D eigenvalue weighted by Crippen LogP contribution is -2.07. The SMILES string of the molecule is COc1cc(C(=O)c2ccc3c([N+](=O)[O-])c(CO)ccc3n2)cc(OC)c1OC. The van der Waals surface area contributed by atoms with Gasteiger partial charge in [-0.05, 0) is 36.4 Å². The second-order valence-corrected chi connectivity index (χ2v) is 5.99. The third-order valence-electron chi connectivity index (χ3n) is 4.44. The highest BCUT2D eigenvalue weighted by Gasteiger charge is 2.22. The maximum absolute atomic E-state index is 13.0. The predicted octanol–water partition coefficient (Wildman–Crippen LogP) is 2.89. The van der Waals surface area contributed by atoms with Crippen LogP contribution in [0.15, 0.2) is 36.4 Å². The van der Waals surface area contributed by atoms with Gasteiger partial charge in [0.2, 0.25) is 11.5 Å².